The van der Waals surface area contributed by atoms with Crippen LogP contribution in [0.1, 0.15) is 44.5 Å². The summed E-state index contributed by atoms with van der Waals surface area (Å²) < 4.78 is 28.6. The molecule has 0 radical (unpaired) electrons. The lowest BCUT2D eigenvalue weighted by atomic mass is 9.92. The molecule has 322 valence electrons. The smallest absolute Gasteiger partial charge is 0.150 e. The van der Waals surface area contributed by atoms with Crippen molar-refractivity contribution in [3.8, 4) is 56.4 Å². The van der Waals surface area contributed by atoms with Crippen LogP contribution in [0.3, 0.4) is 0 Å². The molecule has 64 heavy (non-hydrogen) atoms. The Morgan fingerprint density at radius 2 is 0.578 bits per heavy atom. The van der Waals surface area contributed by atoms with Crippen LogP contribution >= 0.6 is 16.3 Å². The molecule has 8 aromatic carbocycles. The molecule has 0 fully saturated rings. The zero-order chi connectivity index (χ0) is 45.1. The summed E-state index contributed by atoms with van der Waals surface area (Å²) >= 11 is 0. The van der Waals surface area contributed by atoms with Gasteiger partial charge in [-0.05, 0) is 139 Å². The van der Waals surface area contributed by atoms with Crippen molar-refractivity contribution in [1.82, 2.24) is 0 Å². The molecule has 0 aliphatic rings. The first-order valence-corrected chi connectivity index (χ1v) is 24.2. The number of methoxy groups -OCH3 is 2. The average molecular weight is 879 g/mol. The van der Waals surface area contributed by atoms with E-state index in [-0.39, 0.29) is 0 Å². The van der Waals surface area contributed by atoms with E-state index in [2.05, 4.69) is 201 Å². The fraction of sp³-hybridized carbons (Fsp3) is 0.172. The number of aryl methyl sites for hydroxylation is 8. The fourth-order valence-corrected chi connectivity index (χ4v) is 13.1. The molecule has 0 spiro atoms. The highest BCUT2D eigenvalue weighted by Crippen LogP contribution is 2.58. The summed E-state index contributed by atoms with van der Waals surface area (Å²) in [6, 6.07) is 56.3. The van der Waals surface area contributed by atoms with Gasteiger partial charge in [0.05, 0.1) is 25.3 Å². The number of hydrogen-bond donors (Lipinski definition) is 0. The lowest BCUT2D eigenvalue weighted by molar-refractivity contribution is 0.407. The lowest BCUT2D eigenvalue weighted by Gasteiger charge is -2.29. The van der Waals surface area contributed by atoms with E-state index in [0.29, 0.717) is 23.0 Å². The minimum Gasteiger partial charge on any atom is -0.496 e. The van der Waals surface area contributed by atoms with Crippen LogP contribution in [0.2, 0.25) is 0 Å². The van der Waals surface area contributed by atoms with Crippen molar-refractivity contribution in [1.29, 1.82) is 0 Å². The van der Waals surface area contributed by atoms with Crippen molar-refractivity contribution < 1.29 is 18.5 Å². The van der Waals surface area contributed by atoms with Crippen LogP contribution in [-0.4, -0.2) is 14.2 Å². The summed E-state index contributed by atoms with van der Waals surface area (Å²) in [7, 11) is 0.590. The van der Waals surface area contributed by atoms with Crippen LogP contribution in [0.4, 0.5) is 0 Å². The maximum atomic E-state index is 7.84. The summed E-state index contributed by atoms with van der Waals surface area (Å²) in [5, 5.41) is 4.50. The van der Waals surface area contributed by atoms with E-state index in [1.54, 1.807) is 14.2 Å². The molecule has 0 aliphatic carbocycles. The highest BCUT2D eigenvalue weighted by Gasteiger charge is 2.32. The van der Waals surface area contributed by atoms with E-state index in [4.69, 9.17) is 18.5 Å². The quantitative estimate of drug-likeness (QED) is 0.108. The molecule has 6 heteroatoms. The summed E-state index contributed by atoms with van der Waals surface area (Å²) in [4.78, 5) is 0. The normalized spacial score (nSPS) is 11.2. The minimum absolute atomic E-state index is 0.640. The third kappa shape index (κ3) is 9.65. The third-order valence-corrected chi connectivity index (χ3v) is 14.9. The Balaban J connectivity index is 1.49. The SMILES string of the molecule is COc1ccc(-c2ccccc2)c(OP(c2cc(C)cc(C)c2)c2cc(C)cc(C)c2)c1-c1c(OC)ccc(-c2ccccc2)c1OP(c1cc(C)cc(C)c1)c1cc(C)cc(C)c1. The van der Waals surface area contributed by atoms with Gasteiger partial charge in [-0.3, -0.25) is 0 Å². The van der Waals surface area contributed by atoms with Gasteiger partial charge < -0.3 is 18.5 Å². The predicted octanol–water partition coefficient (Wildman–Crippen LogP) is 14.0. The Hall–Kier alpha value is -6.18. The highest BCUT2D eigenvalue weighted by atomic mass is 31.1. The lowest BCUT2D eigenvalue weighted by Crippen LogP contribution is -2.19. The number of ether oxygens (including phenoxy) is 2. The van der Waals surface area contributed by atoms with E-state index in [1.807, 2.05) is 12.1 Å². The molecule has 0 saturated heterocycles. The van der Waals surface area contributed by atoms with E-state index < -0.39 is 16.3 Å². The zero-order valence-corrected chi connectivity index (χ0v) is 40.3. The summed E-state index contributed by atoms with van der Waals surface area (Å²) in [6.45, 7) is 17.3. The first-order valence-electron chi connectivity index (χ1n) is 21.7. The molecule has 0 aliphatic heterocycles. The van der Waals surface area contributed by atoms with Gasteiger partial charge in [0.1, 0.15) is 23.0 Å². The molecule has 8 aromatic rings. The Kier molecular flexibility index (Phi) is 13.4. The minimum atomic E-state index is -1.43. The molecule has 0 aromatic heterocycles. The standard InChI is InChI=1S/C58H56O4P2/c1-37-25-38(2)30-47(29-37)63(48-31-39(3)26-40(4)32-48)61-57-51(45-17-13-11-14-18-45)21-23-53(59-9)55(57)56-54(60-10)24-22-52(46-19-15-12-16-20-46)58(56)62-64(49-33-41(5)27-42(6)34-49)50-35-43(7)28-44(8)36-50/h11-36H,1-10H3. The summed E-state index contributed by atoms with van der Waals surface area (Å²) in [6.07, 6.45) is 0. The van der Waals surface area contributed by atoms with Crippen molar-refractivity contribution in [2.24, 2.45) is 0 Å². The van der Waals surface area contributed by atoms with Crippen molar-refractivity contribution in [2.45, 2.75) is 55.4 Å². The van der Waals surface area contributed by atoms with Crippen LogP contribution in [0.25, 0.3) is 33.4 Å². The monoisotopic (exact) mass is 878 g/mol. The second kappa shape index (κ2) is 19.3. The Morgan fingerprint density at radius 3 is 0.828 bits per heavy atom. The Labute approximate surface area is 382 Å². The largest absolute Gasteiger partial charge is 0.496 e. The van der Waals surface area contributed by atoms with Crippen LogP contribution < -0.4 is 39.7 Å². The number of rotatable bonds is 13. The van der Waals surface area contributed by atoms with Crippen molar-refractivity contribution in [2.75, 3.05) is 14.2 Å². The van der Waals surface area contributed by atoms with Crippen LogP contribution in [0, 0.1) is 55.4 Å². The van der Waals surface area contributed by atoms with Crippen LogP contribution in [0.15, 0.2) is 158 Å². The molecule has 0 bridgehead atoms. The summed E-state index contributed by atoms with van der Waals surface area (Å²) in [5.41, 5.74) is 14.9. The van der Waals surface area contributed by atoms with Gasteiger partial charge in [-0.25, -0.2) is 0 Å². The van der Waals surface area contributed by atoms with Gasteiger partial charge in [0, 0.05) is 32.3 Å². The van der Waals surface area contributed by atoms with E-state index >= 15 is 0 Å². The van der Waals surface area contributed by atoms with Gasteiger partial charge in [0.15, 0.2) is 16.3 Å². The zero-order valence-electron chi connectivity index (χ0n) is 38.5. The maximum absolute atomic E-state index is 7.84. The molecule has 0 saturated carbocycles. The average Bonchev–Trinajstić information content (AvgIpc) is 3.26. The molecule has 8 rings (SSSR count). The predicted molar refractivity (Wildman–Crippen MR) is 273 cm³/mol. The van der Waals surface area contributed by atoms with Crippen LogP contribution in [-0.2, 0) is 0 Å². The van der Waals surface area contributed by atoms with Crippen molar-refractivity contribution >= 4 is 37.5 Å². The summed E-state index contributed by atoms with van der Waals surface area (Å²) in [5.74, 6) is 2.65. The molecule has 0 heterocycles. The molecule has 4 nitrogen and oxygen atoms in total. The van der Waals surface area contributed by atoms with E-state index in [1.165, 1.54) is 44.5 Å². The van der Waals surface area contributed by atoms with Crippen molar-refractivity contribution in [3.05, 3.63) is 202 Å². The highest BCUT2D eigenvalue weighted by molar-refractivity contribution is 7.69. The first-order chi connectivity index (χ1) is 30.9. The molecule has 0 unspecified atom stereocenters. The molecule has 0 atom stereocenters. The van der Waals surface area contributed by atoms with Gasteiger partial charge in [-0.1, -0.05) is 129 Å². The van der Waals surface area contributed by atoms with Crippen LogP contribution in [0.5, 0.6) is 23.0 Å². The molecule has 0 amide bonds. The van der Waals surface area contributed by atoms with Gasteiger partial charge in [0.2, 0.25) is 0 Å². The Bertz CT molecular complexity index is 2570. The van der Waals surface area contributed by atoms with Gasteiger partial charge in [-0.2, -0.15) is 0 Å². The van der Waals surface area contributed by atoms with Crippen molar-refractivity contribution in [3.63, 3.8) is 0 Å². The second-order valence-electron chi connectivity index (χ2n) is 16.9. The molecular weight excluding hydrogens is 823 g/mol. The molecular formula is C58H56O4P2. The van der Waals surface area contributed by atoms with Gasteiger partial charge >= 0.3 is 0 Å². The van der Waals surface area contributed by atoms with E-state index in [0.717, 1.165) is 54.6 Å². The molecule has 0 N–H and O–H groups in total. The third-order valence-electron chi connectivity index (χ3n) is 11.2. The van der Waals surface area contributed by atoms with E-state index in [9.17, 15) is 0 Å². The first kappa shape index (κ1) is 44.4. The fourth-order valence-electron chi connectivity index (χ4n) is 8.79. The van der Waals surface area contributed by atoms with Gasteiger partial charge in [-0.15, -0.1) is 0 Å². The number of hydrogen-bond acceptors (Lipinski definition) is 4. The maximum Gasteiger partial charge on any atom is 0.150 e. The number of benzene rings is 8. The van der Waals surface area contributed by atoms with Gasteiger partial charge in [0.25, 0.3) is 0 Å². The second-order valence-corrected chi connectivity index (χ2v) is 20.5. The Morgan fingerprint density at radius 1 is 0.312 bits per heavy atom. The topological polar surface area (TPSA) is 36.9 Å².